The largest absolute Gasteiger partial charge is 0.340 e. The van der Waals surface area contributed by atoms with E-state index in [0.29, 0.717) is 37.0 Å². The van der Waals surface area contributed by atoms with E-state index in [2.05, 4.69) is 13.8 Å². The van der Waals surface area contributed by atoms with Gasteiger partial charge in [-0.1, -0.05) is 32.4 Å². The van der Waals surface area contributed by atoms with Crippen molar-refractivity contribution in [2.24, 2.45) is 11.8 Å². The topological polar surface area (TPSA) is 57.7 Å². The van der Waals surface area contributed by atoms with E-state index in [-0.39, 0.29) is 11.8 Å². The number of hydrogen-bond acceptors (Lipinski definition) is 3. The van der Waals surface area contributed by atoms with Gasteiger partial charge in [0.05, 0.1) is 4.90 Å². The van der Waals surface area contributed by atoms with E-state index in [4.69, 9.17) is 0 Å². The van der Waals surface area contributed by atoms with Gasteiger partial charge in [0.1, 0.15) is 0 Å². The summed E-state index contributed by atoms with van der Waals surface area (Å²) in [5, 5.41) is 0. The molecule has 0 N–H and O–H groups in total. The second-order valence-corrected chi connectivity index (χ2v) is 8.88. The summed E-state index contributed by atoms with van der Waals surface area (Å²) in [6.07, 6.45) is 2.98. The molecule has 1 aliphatic carbocycles. The first kappa shape index (κ1) is 17.4. The van der Waals surface area contributed by atoms with Crippen molar-refractivity contribution in [1.82, 2.24) is 9.21 Å². The summed E-state index contributed by atoms with van der Waals surface area (Å²) in [4.78, 5) is 14.4. The van der Waals surface area contributed by atoms with Crippen molar-refractivity contribution < 1.29 is 13.2 Å². The molecular formula is C18H26N2O3S. The van der Waals surface area contributed by atoms with Crippen molar-refractivity contribution in [3.05, 3.63) is 29.8 Å². The molecule has 24 heavy (non-hydrogen) atoms. The fourth-order valence-electron chi connectivity index (χ4n) is 3.32. The maximum atomic E-state index is 12.8. The maximum absolute atomic E-state index is 12.8. The van der Waals surface area contributed by atoms with Crippen LogP contribution in [0.15, 0.2) is 29.2 Å². The van der Waals surface area contributed by atoms with Gasteiger partial charge in [-0.2, -0.15) is 4.31 Å². The van der Waals surface area contributed by atoms with Crippen LogP contribution in [-0.4, -0.2) is 49.7 Å². The Balaban J connectivity index is 1.63. The molecule has 2 atom stereocenters. The van der Waals surface area contributed by atoms with Gasteiger partial charge in [0, 0.05) is 32.1 Å². The molecule has 132 valence electrons. The average molecular weight is 350 g/mol. The number of amides is 1. The smallest absolute Gasteiger partial charge is 0.243 e. The van der Waals surface area contributed by atoms with Crippen LogP contribution in [0.5, 0.6) is 0 Å². The lowest BCUT2D eigenvalue weighted by molar-refractivity contribution is -0.134. The molecular weight excluding hydrogens is 324 g/mol. The van der Waals surface area contributed by atoms with Crippen molar-refractivity contribution in [3.63, 3.8) is 0 Å². The highest BCUT2D eigenvalue weighted by molar-refractivity contribution is 7.89. The number of carbonyl (C=O) groups is 1. The number of nitrogens with zero attached hydrogens (tertiary/aromatic N) is 2. The molecule has 2 fully saturated rings. The third kappa shape index (κ3) is 3.49. The Morgan fingerprint density at radius 3 is 2.21 bits per heavy atom. The van der Waals surface area contributed by atoms with E-state index in [1.807, 2.05) is 17.0 Å². The Morgan fingerprint density at radius 2 is 1.71 bits per heavy atom. The van der Waals surface area contributed by atoms with Gasteiger partial charge in [-0.25, -0.2) is 8.42 Å². The molecule has 6 heteroatoms. The van der Waals surface area contributed by atoms with E-state index in [1.54, 1.807) is 12.1 Å². The molecule has 0 bridgehead atoms. The molecule has 0 unspecified atom stereocenters. The second-order valence-electron chi connectivity index (χ2n) is 6.94. The van der Waals surface area contributed by atoms with Crippen LogP contribution in [0.4, 0.5) is 0 Å². The molecule has 5 nitrogen and oxygen atoms in total. The number of carbonyl (C=O) groups excluding carboxylic acids is 1. The summed E-state index contributed by atoms with van der Waals surface area (Å²) >= 11 is 0. The zero-order valence-electron chi connectivity index (χ0n) is 14.4. The predicted molar refractivity (Wildman–Crippen MR) is 93.0 cm³/mol. The summed E-state index contributed by atoms with van der Waals surface area (Å²) in [7, 11) is -3.46. The Hall–Kier alpha value is -1.40. The molecule has 1 saturated carbocycles. The number of benzene rings is 1. The first-order valence-corrected chi connectivity index (χ1v) is 10.3. The van der Waals surface area contributed by atoms with Crippen LogP contribution in [-0.2, 0) is 21.2 Å². The number of rotatable bonds is 5. The van der Waals surface area contributed by atoms with Crippen molar-refractivity contribution >= 4 is 15.9 Å². The minimum atomic E-state index is -3.46. The first-order chi connectivity index (χ1) is 11.4. The summed E-state index contributed by atoms with van der Waals surface area (Å²) in [5.74, 6) is 0.851. The Kier molecular flexibility index (Phi) is 4.97. The third-order valence-corrected chi connectivity index (χ3v) is 6.99. The van der Waals surface area contributed by atoms with E-state index >= 15 is 0 Å². The predicted octanol–water partition coefficient (Wildman–Crippen LogP) is 2.13. The number of hydrogen-bond donors (Lipinski definition) is 0. The maximum Gasteiger partial charge on any atom is 0.243 e. The zero-order chi connectivity index (χ0) is 17.3. The zero-order valence-corrected chi connectivity index (χ0v) is 15.3. The SMILES string of the molecule is CCCc1ccc(S(=O)(=O)N2CCN(C(=O)[C@@H]3C[C@H]3C)CC2)cc1. The van der Waals surface area contributed by atoms with Crippen LogP contribution in [0.3, 0.4) is 0 Å². The van der Waals surface area contributed by atoms with E-state index in [0.717, 1.165) is 24.8 Å². The molecule has 1 amide bonds. The van der Waals surface area contributed by atoms with Crippen LogP contribution < -0.4 is 0 Å². The monoisotopic (exact) mass is 350 g/mol. The van der Waals surface area contributed by atoms with Crippen LogP contribution in [0.1, 0.15) is 32.3 Å². The van der Waals surface area contributed by atoms with Crippen molar-refractivity contribution in [1.29, 1.82) is 0 Å². The van der Waals surface area contributed by atoms with Crippen LogP contribution in [0, 0.1) is 11.8 Å². The van der Waals surface area contributed by atoms with Gasteiger partial charge in [0.15, 0.2) is 0 Å². The first-order valence-electron chi connectivity index (χ1n) is 8.81. The standard InChI is InChI=1S/C18H26N2O3S/c1-3-4-15-5-7-16(8-6-15)24(22,23)20-11-9-19(10-12-20)18(21)17-13-14(17)2/h5-8,14,17H,3-4,9-13H2,1-2H3/t14-,17-/m1/s1. The highest BCUT2D eigenvalue weighted by Crippen LogP contribution is 2.39. The average Bonchev–Trinajstić information content (AvgIpc) is 3.32. The van der Waals surface area contributed by atoms with Crippen molar-refractivity contribution in [2.45, 2.75) is 38.0 Å². The van der Waals surface area contributed by atoms with Crippen LogP contribution in [0.25, 0.3) is 0 Å². The van der Waals surface area contributed by atoms with Crippen molar-refractivity contribution in [3.8, 4) is 0 Å². The molecule has 2 aliphatic rings. The molecule has 0 radical (unpaired) electrons. The summed E-state index contributed by atoms with van der Waals surface area (Å²) in [6, 6.07) is 7.18. The van der Waals surface area contributed by atoms with Crippen molar-refractivity contribution in [2.75, 3.05) is 26.2 Å². The molecule has 0 aromatic heterocycles. The second kappa shape index (κ2) is 6.84. The highest BCUT2D eigenvalue weighted by atomic mass is 32.2. The minimum absolute atomic E-state index is 0.166. The van der Waals surface area contributed by atoms with Crippen LogP contribution in [0.2, 0.25) is 0 Å². The summed E-state index contributed by atoms with van der Waals surface area (Å²) in [6.45, 7) is 5.95. The normalized spacial score (nSPS) is 24.8. The van der Waals surface area contributed by atoms with Gasteiger partial charge < -0.3 is 4.90 Å². The lowest BCUT2D eigenvalue weighted by Crippen LogP contribution is -2.51. The lowest BCUT2D eigenvalue weighted by atomic mass is 10.1. The molecule has 1 aliphatic heterocycles. The lowest BCUT2D eigenvalue weighted by Gasteiger charge is -2.34. The van der Waals surface area contributed by atoms with Gasteiger partial charge in [-0.05, 0) is 36.5 Å². The Morgan fingerprint density at radius 1 is 1.12 bits per heavy atom. The Bertz CT molecular complexity index is 691. The minimum Gasteiger partial charge on any atom is -0.340 e. The fraction of sp³-hybridized carbons (Fsp3) is 0.611. The molecule has 0 spiro atoms. The van der Waals surface area contributed by atoms with Gasteiger partial charge >= 0.3 is 0 Å². The summed E-state index contributed by atoms with van der Waals surface area (Å²) < 4.78 is 27.0. The van der Waals surface area contributed by atoms with E-state index < -0.39 is 10.0 Å². The molecule has 1 saturated heterocycles. The van der Waals surface area contributed by atoms with Gasteiger partial charge in [-0.15, -0.1) is 0 Å². The number of aryl methyl sites for hydroxylation is 1. The van der Waals surface area contributed by atoms with Gasteiger partial charge in [0.25, 0.3) is 0 Å². The molecule has 1 aromatic rings. The molecule has 3 rings (SSSR count). The van der Waals surface area contributed by atoms with E-state index in [1.165, 1.54) is 4.31 Å². The quantitative estimate of drug-likeness (QED) is 0.817. The number of piperazine rings is 1. The fourth-order valence-corrected chi connectivity index (χ4v) is 4.74. The third-order valence-electron chi connectivity index (χ3n) is 5.08. The highest BCUT2D eigenvalue weighted by Gasteiger charge is 2.42. The van der Waals surface area contributed by atoms with Gasteiger partial charge in [0.2, 0.25) is 15.9 Å². The van der Waals surface area contributed by atoms with Gasteiger partial charge in [-0.3, -0.25) is 4.79 Å². The summed E-state index contributed by atoms with van der Waals surface area (Å²) in [5.41, 5.74) is 1.16. The van der Waals surface area contributed by atoms with E-state index in [9.17, 15) is 13.2 Å². The molecule has 1 aromatic carbocycles. The molecule has 1 heterocycles. The number of sulfonamides is 1. The Labute approximate surface area is 144 Å². The van der Waals surface area contributed by atoms with Crippen LogP contribution >= 0.6 is 0 Å².